The van der Waals surface area contributed by atoms with Crippen molar-refractivity contribution in [3.05, 3.63) is 95.1 Å². The molecule has 2 atom stereocenters. The lowest BCUT2D eigenvalue weighted by atomic mass is 9.72. The Morgan fingerprint density at radius 2 is 1.47 bits per heavy atom. The maximum absolute atomic E-state index is 13.4. The predicted octanol–water partition coefficient (Wildman–Crippen LogP) is 6.78. The molecule has 36 heavy (non-hydrogen) atoms. The van der Waals surface area contributed by atoms with Gasteiger partial charge in [0.25, 0.3) is 6.43 Å². The van der Waals surface area contributed by atoms with E-state index in [1.54, 1.807) is 12.1 Å². The van der Waals surface area contributed by atoms with Gasteiger partial charge in [-0.25, -0.2) is 13.6 Å². The molecule has 3 aromatic carbocycles. The number of halogens is 2. The van der Waals surface area contributed by atoms with E-state index in [1.165, 1.54) is 34.4 Å². The fourth-order valence-electron chi connectivity index (χ4n) is 6.57. The minimum Gasteiger partial charge on any atom is -0.448 e. The number of hydrogen-bond donors (Lipinski definition) is 1. The summed E-state index contributed by atoms with van der Waals surface area (Å²) < 4.78 is 31.9. The summed E-state index contributed by atoms with van der Waals surface area (Å²) in [7, 11) is 0. The topological polar surface area (TPSA) is 49.8 Å². The summed E-state index contributed by atoms with van der Waals surface area (Å²) in [6, 6.07) is 22.2. The van der Waals surface area contributed by atoms with Gasteiger partial charge >= 0.3 is 6.09 Å². The van der Waals surface area contributed by atoms with Crippen LogP contribution < -0.4 is 0 Å². The van der Waals surface area contributed by atoms with E-state index >= 15 is 0 Å². The number of alkyl halides is 2. The first-order chi connectivity index (χ1) is 17.4. The normalized spacial score (nSPS) is 24.9. The van der Waals surface area contributed by atoms with Gasteiger partial charge in [-0.3, -0.25) is 0 Å². The zero-order valence-electron chi connectivity index (χ0n) is 19.9. The summed E-state index contributed by atoms with van der Waals surface area (Å²) >= 11 is 0. The molecule has 0 aromatic heterocycles. The molecule has 6 rings (SSSR count). The second-order valence-electron chi connectivity index (χ2n) is 10.3. The van der Waals surface area contributed by atoms with Crippen LogP contribution in [0.15, 0.2) is 72.8 Å². The van der Waals surface area contributed by atoms with Crippen LogP contribution in [-0.2, 0) is 10.3 Å². The molecule has 186 valence electrons. The number of rotatable bonds is 4. The minimum absolute atomic E-state index is 0.00346. The van der Waals surface area contributed by atoms with Crippen LogP contribution in [0.25, 0.3) is 11.1 Å². The molecule has 3 aliphatic rings. The highest BCUT2D eigenvalue weighted by Gasteiger charge is 2.49. The molecule has 2 fully saturated rings. The molecule has 1 amide bonds. The number of hydrogen-bond acceptors (Lipinski definition) is 3. The van der Waals surface area contributed by atoms with Crippen LogP contribution in [0.1, 0.15) is 66.7 Å². The zero-order valence-corrected chi connectivity index (χ0v) is 19.9. The monoisotopic (exact) mass is 489 g/mol. The van der Waals surface area contributed by atoms with Crippen LogP contribution in [0, 0.1) is 0 Å². The number of benzene rings is 3. The number of carbonyl (C=O) groups excluding carboxylic acids is 1. The summed E-state index contributed by atoms with van der Waals surface area (Å²) in [4.78, 5) is 15.2. The molecule has 6 heteroatoms. The summed E-state index contributed by atoms with van der Waals surface area (Å²) in [5.74, 6) is -0.00346. The number of fused-ring (bicyclic) bond motifs is 5. The lowest BCUT2D eigenvalue weighted by Gasteiger charge is -2.51. The Bertz CT molecular complexity index is 1220. The van der Waals surface area contributed by atoms with Gasteiger partial charge in [-0.2, -0.15) is 0 Å². The number of amides is 1. The second-order valence-corrected chi connectivity index (χ2v) is 10.3. The molecule has 4 nitrogen and oxygen atoms in total. The number of piperidine rings is 2. The van der Waals surface area contributed by atoms with Crippen LogP contribution in [0.2, 0.25) is 0 Å². The van der Waals surface area contributed by atoms with E-state index in [-0.39, 0.29) is 36.3 Å². The number of aliphatic hydroxyl groups is 1. The summed E-state index contributed by atoms with van der Waals surface area (Å²) in [5.41, 5.74) is 4.16. The molecule has 2 bridgehead atoms. The number of nitrogens with zero attached hydrogens (tertiary/aromatic N) is 1. The molecule has 2 unspecified atom stereocenters. The highest BCUT2D eigenvalue weighted by atomic mass is 19.3. The molecule has 0 spiro atoms. The van der Waals surface area contributed by atoms with E-state index in [1.807, 2.05) is 29.2 Å². The first kappa shape index (κ1) is 23.2. The van der Waals surface area contributed by atoms with Gasteiger partial charge in [-0.15, -0.1) is 0 Å². The van der Waals surface area contributed by atoms with E-state index in [2.05, 4.69) is 24.3 Å². The third-order valence-electron chi connectivity index (χ3n) is 8.25. The summed E-state index contributed by atoms with van der Waals surface area (Å²) in [5, 5.41) is 11.5. The fourth-order valence-corrected chi connectivity index (χ4v) is 6.57. The molecular formula is C30H29F2NO3. The van der Waals surface area contributed by atoms with Crippen molar-refractivity contribution in [2.24, 2.45) is 0 Å². The lowest BCUT2D eigenvalue weighted by Crippen LogP contribution is -2.59. The maximum atomic E-state index is 13.4. The summed E-state index contributed by atoms with van der Waals surface area (Å²) in [6.07, 6.45) is 0.452. The van der Waals surface area contributed by atoms with E-state index in [0.717, 1.165) is 19.3 Å². The van der Waals surface area contributed by atoms with Gasteiger partial charge in [0, 0.05) is 36.4 Å². The molecule has 2 saturated heterocycles. The van der Waals surface area contributed by atoms with Gasteiger partial charge in [-0.05, 0) is 47.1 Å². The molecule has 2 heterocycles. The third-order valence-corrected chi connectivity index (χ3v) is 8.25. The van der Waals surface area contributed by atoms with Crippen molar-refractivity contribution in [3.63, 3.8) is 0 Å². The van der Waals surface area contributed by atoms with Gasteiger partial charge < -0.3 is 14.7 Å². The Morgan fingerprint density at radius 3 is 2.03 bits per heavy atom. The van der Waals surface area contributed by atoms with Crippen molar-refractivity contribution in [2.75, 3.05) is 6.61 Å². The lowest BCUT2D eigenvalue weighted by molar-refractivity contribution is -0.0891. The first-order valence-electron chi connectivity index (χ1n) is 12.7. The van der Waals surface area contributed by atoms with Crippen molar-refractivity contribution < 1.29 is 23.4 Å². The van der Waals surface area contributed by atoms with Gasteiger partial charge in [0.05, 0.1) is 5.60 Å². The first-order valence-corrected chi connectivity index (χ1v) is 12.7. The average molecular weight is 490 g/mol. The zero-order chi connectivity index (χ0) is 24.9. The molecule has 0 radical (unpaired) electrons. The van der Waals surface area contributed by atoms with Crippen molar-refractivity contribution in [3.8, 4) is 11.1 Å². The van der Waals surface area contributed by atoms with Gasteiger partial charge in [0.15, 0.2) is 0 Å². The van der Waals surface area contributed by atoms with Crippen molar-refractivity contribution in [1.29, 1.82) is 0 Å². The second kappa shape index (κ2) is 9.00. The SMILES string of the molecule is O=C(OCC1c2ccccc2-c2ccccc21)N1C2CCCC1CC(O)(c1ccc(C(F)F)cc1)C2. The van der Waals surface area contributed by atoms with Crippen molar-refractivity contribution in [2.45, 2.75) is 62.1 Å². The van der Waals surface area contributed by atoms with Gasteiger partial charge in [0.2, 0.25) is 0 Å². The number of carbonyl (C=O) groups is 1. The smallest absolute Gasteiger partial charge is 0.410 e. The molecule has 2 aliphatic heterocycles. The van der Waals surface area contributed by atoms with Crippen LogP contribution in [0.4, 0.5) is 13.6 Å². The predicted molar refractivity (Wildman–Crippen MR) is 133 cm³/mol. The Labute approximate surface area is 209 Å². The van der Waals surface area contributed by atoms with Crippen LogP contribution in [0.5, 0.6) is 0 Å². The number of ether oxygens (including phenoxy) is 1. The average Bonchev–Trinajstić information content (AvgIpc) is 3.20. The largest absolute Gasteiger partial charge is 0.448 e. The van der Waals surface area contributed by atoms with E-state index in [4.69, 9.17) is 4.74 Å². The Balaban J connectivity index is 1.19. The molecule has 0 saturated carbocycles. The van der Waals surface area contributed by atoms with Crippen molar-refractivity contribution >= 4 is 6.09 Å². The highest BCUT2D eigenvalue weighted by Crippen LogP contribution is 2.46. The van der Waals surface area contributed by atoms with E-state index in [9.17, 15) is 18.7 Å². The Kier molecular flexibility index (Phi) is 5.79. The maximum Gasteiger partial charge on any atom is 0.410 e. The standard InChI is InChI=1S/C30H29F2NO3/c31-28(32)19-12-14-20(15-13-19)30(35)16-21-6-5-7-22(17-30)33(21)29(34)36-18-27-25-10-3-1-8-23(25)24-9-2-4-11-26(24)27/h1-4,8-15,21-22,27-28,35H,5-7,16-18H2. The highest BCUT2D eigenvalue weighted by molar-refractivity contribution is 5.79. The van der Waals surface area contributed by atoms with E-state index in [0.29, 0.717) is 18.4 Å². The van der Waals surface area contributed by atoms with E-state index < -0.39 is 12.0 Å². The van der Waals surface area contributed by atoms with Gasteiger partial charge in [-0.1, -0.05) is 72.8 Å². The fraction of sp³-hybridized carbons (Fsp3) is 0.367. The molecular weight excluding hydrogens is 460 g/mol. The third kappa shape index (κ3) is 3.88. The van der Waals surface area contributed by atoms with Crippen LogP contribution in [-0.4, -0.2) is 34.8 Å². The molecule has 1 N–H and O–H groups in total. The molecule has 1 aliphatic carbocycles. The Hall–Kier alpha value is -3.25. The van der Waals surface area contributed by atoms with Gasteiger partial charge in [0.1, 0.15) is 6.61 Å². The Morgan fingerprint density at radius 1 is 0.917 bits per heavy atom. The summed E-state index contributed by atoms with van der Waals surface area (Å²) in [6.45, 7) is 0.266. The van der Waals surface area contributed by atoms with Crippen LogP contribution >= 0.6 is 0 Å². The molecule has 3 aromatic rings. The van der Waals surface area contributed by atoms with Crippen LogP contribution in [0.3, 0.4) is 0 Å². The van der Waals surface area contributed by atoms with Crippen molar-refractivity contribution in [1.82, 2.24) is 4.90 Å². The minimum atomic E-state index is -2.54. The quantitative estimate of drug-likeness (QED) is 0.440.